The average Bonchev–Trinajstić information content (AvgIpc) is 2.68. The molecule has 0 radical (unpaired) electrons. The minimum Gasteiger partial charge on any atom is -0.326 e. The van der Waals surface area contributed by atoms with Crippen LogP contribution < -0.4 is 10.7 Å². The lowest BCUT2D eigenvalue weighted by atomic mass is 9.86. The molecule has 1 aliphatic carbocycles. The Bertz CT molecular complexity index is 1000. The van der Waals surface area contributed by atoms with Crippen molar-refractivity contribution in [1.29, 1.82) is 0 Å². The Morgan fingerprint density at radius 2 is 1.77 bits per heavy atom. The molecule has 0 aliphatic heterocycles. The van der Waals surface area contributed by atoms with Crippen LogP contribution in [-0.2, 0) is 4.79 Å². The zero-order valence-corrected chi connectivity index (χ0v) is 15.6. The Kier molecular flexibility index (Phi) is 5.02. The molecule has 0 unspecified atom stereocenters. The molecule has 134 valence electrons. The fourth-order valence-electron chi connectivity index (χ4n) is 3.92. The third-order valence-corrected chi connectivity index (χ3v) is 6.52. The summed E-state index contributed by atoms with van der Waals surface area (Å²) < 4.78 is 1.95. The fourth-order valence-corrected chi connectivity index (χ4v) is 4.97. The smallest absolute Gasteiger partial charge is 0.224 e. The molecule has 1 aromatic heterocycles. The van der Waals surface area contributed by atoms with Gasteiger partial charge in [0, 0.05) is 32.3 Å². The van der Waals surface area contributed by atoms with Gasteiger partial charge in [0.25, 0.3) is 0 Å². The average molecular weight is 365 g/mol. The van der Waals surface area contributed by atoms with Gasteiger partial charge in [-0.25, -0.2) is 0 Å². The summed E-state index contributed by atoms with van der Waals surface area (Å²) in [7, 11) is 0. The van der Waals surface area contributed by atoms with Crippen LogP contribution in [0, 0.1) is 5.92 Å². The molecule has 0 atom stereocenters. The molecule has 1 fully saturated rings. The molecule has 2 aromatic carbocycles. The number of rotatable bonds is 4. The summed E-state index contributed by atoms with van der Waals surface area (Å²) >= 11 is 1.61. The maximum atomic E-state index is 12.8. The van der Waals surface area contributed by atoms with E-state index in [0.29, 0.717) is 23.4 Å². The highest BCUT2D eigenvalue weighted by atomic mass is 32.1. The van der Waals surface area contributed by atoms with E-state index in [9.17, 15) is 9.59 Å². The maximum Gasteiger partial charge on any atom is 0.224 e. The van der Waals surface area contributed by atoms with E-state index < -0.39 is 0 Å². The third-order valence-electron chi connectivity index (χ3n) is 5.36. The van der Waals surface area contributed by atoms with Crippen molar-refractivity contribution in [3.8, 4) is 0 Å². The number of carbonyl (C=O) groups excluding carboxylic acids is 1. The van der Waals surface area contributed by atoms with Gasteiger partial charge in [-0.2, -0.15) is 0 Å². The van der Waals surface area contributed by atoms with Crippen molar-refractivity contribution < 1.29 is 4.79 Å². The van der Waals surface area contributed by atoms with Crippen LogP contribution in [0.3, 0.4) is 0 Å². The first-order valence-electron chi connectivity index (χ1n) is 9.46. The second-order valence-electron chi connectivity index (χ2n) is 7.23. The number of nitrogens with one attached hydrogen (secondary N) is 1. The third kappa shape index (κ3) is 3.65. The van der Waals surface area contributed by atoms with Crippen molar-refractivity contribution in [2.24, 2.45) is 5.92 Å². The molecule has 0 saturated heterocycles. The van der Waals surface area contributed by atoms with E-state index in [1.165, 1.54) is 32.1 Å². The summed E-state index contributed by atoms with van der Waals surface area (Å²) in [6.45, 7) is 0. The second-order valence-corrected chi connectivity index (χ2v) is 8.31. The molecule has 3 aromatic rings. The van der Waals surface area contributed by atoms with Crippen LogP contribution in [-0.4, -0.2) is 5.91 Å². The van der Waals surface area contributed by atoms with Crippen molar-refractivity contribution >= 4 is 43.1 Å². The van der Waals surface area contributed by atoms with Crippen molar-refractivity contribution in [1.82, 2.24) is 0 Å². The van der Waals surface area contributed by atoms with Crippen LogP contribution in [0.4, 0.5) is 5.69 Å². The molecule has 1 N–H and O–H groups in total. The fraction of sp³-hybridized carbons (Fsp3) is 0.364. The Morgan fingerprint density at radius 3 is 2.62 bits per heavy atom. The highest BCUT2D eigenvalue weighted by Gasteiger charge is 2.15. The molecule has 4 heteroatoms. The minimum atomic E-state index is 0.0349. The molecule has 26 heavy (non-hydrogen) atoms. The van der Waals surface area contributed by atoms with E-state index in [1.54, 1.807) is 11.3 Å². The molecular formula is C22H23NO2S. The topological polar surface area (TPSA) is 46.2 Å². The van der Waals surface area contributed by atoms with Gasteiger partial charge in [0.2, 0.25) is 5.91 Å². The van der Waals surface area contributed by atoms with Gasteiger partial charge in [0.1, 0.15) is 0 Å². The van der Waals surface area contributed by atoms with Crippen LogP contribution in [0.25, 0.3) is 20.2 Å². The highest BCUT2D eigenvalue weighted by molar-refractivity contribution is 7.24. The quantitative estimate of drug-likeness (QED) is 0.602. The molecule has 1 saturated carbocycles. The summed E-state index contributed by atoms with van der Waals surface area (Å²) in [5.41, 5.74) is 0.748. The number of amides is 1. The van der Waals surface area contributed by atoms with Crippen molar-refractivity contribution in [2.45, 2.75) is 44.9 Å². The Balaban J connectivity index is 1.51. The molecule has 3 nitrogen and oxygen atoms in total. The molecule has 1 heterocycles. The maximum absolute atomic E-state index is 12.8. The van der Waals surface area contributed by atoms with Crippen LogP contribution in [0.2, 0.25) is 0 Å². The van der Waals surface area contributed by atoms with Crippen LogP contribution in [0.5, 0.6) is 0 Å². The molecule has 4 rings (SSSR count). The van der Waals surface area contributed by atoms with Gasteiger partial charge in [0.05, 0.1) is 0 Å². The van der Waals surface area contributed by atoms with Crippen molar-refractivity contribution in [2.75, 3.05) is 5.32 Å². The summed E-state index contributed by atoms with van der Waals surface area (Å²) in [4.78, 5) is 25.1. The van der Waals surface area contributed by atoms with Gasteiger partial charge in [-0.3, -0.25) is 9.59 Å². The first-order valence-corrected chi connectivity index (χ1v) is 10.3. The largest absolute Gasteiger partial charge is 0.326 e. The van der Waals surface area contributed by atoms with E-state index >= 15 is 0 Å². The van der Waals surface area contributed by atoms with Gasteiger partial charge in [0.15, 0.2) is 5.43 Å². The van der Waals surface area contributed by atoms with E-state index in [4.69, 9.17) is 0 Å². The normalized spacial score (nSPS) is 15.4. The van der Waals surface area contributed by atoms with Gasteiger partial charge in [-0.1, -0.05) is 44.2 Å². The Labute approximate surface area is 157 Å². The number of fused-ring (bicyclic) bond motifs is 2. The predicted octanol–water partition coefficient (Wildman–Crippen LogP) is 5.71. The second kappa shape index (κ2) is 7.58. The Morgan fingerprint density at radius 1 is 1.00 bits per heavy atom. The van der Waals surface area contributed by atoms with Crippen LogP contribution >= 0.6 is 11.3 Å². The Hall–Kier alpha value is -2.20. The van der Waals surface area contributed by atoms with Crippen LogP contribution in [0.15, 0.2) is 47.3 Å². The van der Waals surface area contributed by atoms with E-state index in [-0.39, 0.29) is 11.3 Å². The first-order chi connectivity index (χ1) is 12.7. The number of anilines is 1. The van der Waals surface area contributed by atoms with Crippen molar-refractivity contribution in [3.63, 3.8) is 0 Å². The number of carbonyl (C=O) groups is 1. The van der Waals surface area contributed by atoms with Gasteiger partial charge >= 0.3 is 0 Å². The lowest BCUT2D eigenvalue weighted by Crippen LogP contribution is -2.15. The zero-order valence-electron chi connectivity index (χ0n) is 14.8. The van der Waals surface area contributed by atoms with Gasteiger partial charge < -0.3 is 5.32 Å². The molecule has 0 bridgehead atoms. The summed E-state index contributed by atoms with van der Waals surface area (Å²) in [5.74, 6) is 0.749. The van der Waals surface area contributed by atoms with E-state index in [1.807, 2.05) is 42.5 Å². The van der Waals surface area contributed by atoms with Gasteiger partial charge in [-0.15, -0.1) is 11.3 Å². The van der Waals surface area contributed by atoms with Gasteiger partial charge in [-0.05, 0) is 42.7 Å². The first kappa shape index (κ1) is 17.2. The SMILES string of the molecule is O=C(CCC1CCCCC1)Nc1ccc2sc3ccccc3c(=O)c2c1. The minimum absolute atomic E-state index is 0.0349. The van der Waals surface area contributed by atoms with Crippen molar-refractivity contribution in [3.05, 3.63) is 52.7 Å². The summed E-state index contributed by atoms with van der Waals surface area (Å²) in [5, 5.41) is 4.40. The predicted molar refractivity (Wildman–Crippen MR) is 110 cm³/mol. The summed E-state index contributed by atoms with van der Waals surface area (Å²) in [6.07, 6.45) is 8.00. The number of benzene rings is 2. The summed E-state index contributed by atoms with van der Waals surface area (Å²) in [6, 6.07) is 13.3. The molecule has 1 aliphatic rings. The van der Waals surface area contributed by atoms with E-state index in [2.05, 4.69) is 5.32 Å². The monoisotopic (exact) mass is 365 g/mol. The lowest BCUT2D eigenvalue weighted by molar-refractivity contribution is -0.116. The standard InChI is InChI=1S/C22H23NO2S/c24-21(13-10-15-6-2-1-3-7-15)23-16-11-12-20-18(14-16)22(25)17-8-4-5-9-19(17)26-20/h4-5,8-9,11-12,14-15H,1-3,6-7,10,13H2,(H,23,24). The zero-order chi connectivity index (χ0) is 17.9. The van der Waals surface area contributed by atoms with Crippen LogP contribution in [0.1, 0.15) is 44.9 Å². The molecule has 1 amide bonds. The number of hydrogen-bond donors (Lipinski definition) is 1. The number of hydrogen-bond acceptors (Lipinski definition) is 3. The molecular weight excluding hydrogens is 342 g/mol. The lowest BCUT2D eigenvalue weighted by Gasteiger charge is -2.21. The molecule has 0 spiro atoms. The highest BCUT2D eigenvalue weighted by Crippen LogP contribution is 2.28. The van der Waals surface area contributed by atoms with E-state index in [0.717, 1.165) is 21.2 Å².